The summed E-state index contributed by atoms with van der Waals surface area (Å²) >= 11 is 0. The number of rotatable bonds is 3. The Labute approximate surface area is 173 Å². The van der Waals surface area contributed by atoms with Crippen LogP contribution in [-0.2, 0) is 4.74 Å². The molecule has 2 aliphatic rings. The average Bonchev–Trinajstić information content (AvgIpc) is 3.19. The number of ether oxygens (including phenoxy) is 1. The molecule has 2 fully saturated rings. The second kappa shape index (κ2) is 9.91. The number of carbonyl (C=O) groups excluding carboxylic acids is 1. The van der Waals surface area contributed by atoms with Gasteiger partial charge >= 0.3 is 6.09 Å². The predicted molar refractivity (Wildman–Crippen MR) is 114 cm³/mol. The minimum Gasteiger partial charge on any atom is -0.444 e. The van der Waals surface area contributed by atoms with Crippen LogP contribution < -0.4 is 4.90 Å². The normalized spacial score (nSPS) is 20.1. The molecule has 1 amide bonds. The Morgan fingerprint density at radius 1 is 1.07 bits per heavy atom. The van der Waals surface area contributed by atoms with Crippen LogP contribution in [0.25, 0.3) is 0 Å². The maximum Gasteiger partial charge on any atom is 0.410 e. The molecule has 0 spiro atoms. The highest BCUT2D eigenvalue weighted by Crippen LogP contribution is 2.24. The number of anilines is 1. The molecule has 1 atom stereocenters. The zero-order valence-electron chi connectivity index (χ0n) is 18.3. The number of carbonyl (C=O) groups is 1. The molecule has 2 heterocycles. The largest absolute Gasteiger partial charge is 0.444 e. The van der Waals surface area contributed by atoms with E-state index in [1.807, 2.05) is 46.8 Å². The fourth-order valence-corrected chi connectivity index (χ4v) is 3.66. The van der Waals surface area contributed by atoms with Crippen LogP contribution in [0.3, 0.4) is 0 Å². The van der Waals surface area contributed by atoms with E-state index in [4.69, 9.17) is 4.74 Å². The van der Waals surface area contributed by atoms with E-state index in [0.717, 1.165) is 44.8 Å². The minimum atomic E-state index is -0.467. The first-order chi connectivity index (χ1) is 13.7. The number of hydrogen-bond acceptors (Lipinski definition) is 6. The van der Waals surface area contributed by atoms with E-state index in [-0.39, 0.29) is 16.7 Å². The van der Waals surface area contributed by atoms with Gasteiger partial charge in [0.25, 0.3) is 5.69 Å². The SMILES string of the molecule is CC.CC(C)(C)OC(=O)N1CCC(N2CCN(c3ccc([N+](=O)[O-])cc3)CC2)C1. The molecular weight excluding hydrogens is 372 g/mol. The Hall–Kier alpha value is -2.35. The van der Waals surface area contributed by atoms with Crippen molar-refractivity contribution in [3.8, 4) is 0 Å². The number of likely N-dealkylation sites (tertiary alicyclic amines) is 1. The summed E-state index contributed by atoms with van der Waals surface area (Å²) in [6, 6.07) is 7.10. The fourth-order valence-electron chi connectivity index (χ4n) is 3.66. The summed E-state index contributed by atoms with van der Waals surface area (Å²) in [7, 11) is 0. The van der Waals surface area contributed by atoms with Crippen LogP contribution in [0.1, 0.15) is 41.0 Å². The molecule has 0 aliphatic carbocycles. The summed E-state index contributed by atoms with van der Waals surface area (Å²) in [5.41, 5.74) is 0.665. The van der Waals surface area contributed by atoms with Gasteiger partial charge in [0.2, 0.25) is 0 Å². The number of hydrogen-bond donors (Lipinski definition) is 0. The van der Waals surface area contributed by atoms with Gasteiger partial charge in [-0.2, -0.15) is 0 Å². The van der Waals surface area contributed by atoms with E-state index in [1.165, 1.54) is 0 Å². The number of nitrogens with zero attached hydrogens (tertiary/aromatic N) is 4. The van der Waals surface area contributed by atoms with Crippen molar-refractivity contribution in [1.29, 1.82) is 0 Å². The van der Waals surface area contributed by atoms with Crippen molar-refractivity contribution in [2.24, 2.45) is 0 Å². The van der Waals surface area contributed by atoms with Gasteiger partial charge in [-0.3, -0.25) is 15.0 Å². The van der Waals surface area contributed by atoms with E-state index in [0.29, 0.717) is 12.6 Å². The van der Waals surface area contributed by atoms with E-state index in [9.17, 15) is 14.9 Å². The maximum absolute atomic E-state index is 12.2. The molecule has 8 nitrogen and oxygen atoms in total. The topological polar surface area (TPSA) is 79.2 Å². The average molecular weight is 407 g/mol. The van der Waals surface area contributed by atoms with Gasteiger partial charge in [-0.1, -0.05) is 13.8 Å². The predicted octanol–water partition coefficient (Wildman–Crippen LogP) is 3.75. The smallest absolute Gasteiger partial charge is 0.410 e. The van der Waals surface area contributed by atoms with Gasteiger partial charge in [0.1, 0.15) is 5.60 Å². The molecule has 29 heavy (non-hydrogen) atoms. The molecule has 1 aromatic carbocycles. The van der Waals surface area contributed by atoms with Crippen molar-refractivity contribution in [1.82, 2.24) is 9.80 Å². The van der Waals surface area contributed by atoms with Gasteiger partial charge in [-0.05, 0) is 39.3 Å². The summed E-state index contributed by atoms with van der Waals surface area (Å²) < 4.78 is 5.47. The number of nitro groups is 1. The van der Waals surface area contributed by atoms with Gasteiger partial charge in [0.15, 0.2) is 0 Å². The van der Waals surface area contributed by atoms with Crippen LogP contribution in [-0.4, -0.2) is 71.7 Å². The molecule has 1 unspecified atom stereocenters. The van der Waals surface area contributed by atoms with Gasteiger partial charge in [0.05, 0.1) is 4.92 Å². The van der Waals surface area contributed by atoms with Gasteiger partial charge in [0, 0.05) is 63.1 Å². The second-order valence-corrected chi connectivity index (χ2v) is 8.17. The molecule has 0 bridgehead atoms. The van der Waals surface area contributed by atoms with Crippen molar-refractivity contribution < 1.29 is 14.5 Å². The second-order valence-electron chi connectivity index (χ2n) is 8.17. The lowest BCUT2D eigenvalue weighted by molar-refractivity contribution is -0.384. The lowest BCUT2D eigenvalue weighted by Crippen LogP contribution is -2.51. The molecule has 0 aromatic heterocycles. The quantitative estimate of drug-likeness (QED) is 0.562. The summed E-state index contributed by atoms with van der Waals surface area (Å²) in [6.45, 7) is 14.7. The number of non-ortho nitro benzene ring substituents is 1. The van der Waals surface area contributed by atoms with Crippen LogP contribution in [0.15, 0.2) is 24.3 Å². The van der Waals surface area contributed by atoms with Crippen molar-refractivity contribution in [2.45, 2.75) is 52.7 Å². The highest BCUT2D eigenvalue weighted by Gasteiger charge is 2.34. The lowest BCUT2D eigenvalue weighted by atomic mass is 10.1. The minimum absolute atomic E-state index is 0.116. The Morgan fingerprint density at radius 3 is 2.17 bits per heavy atom. The molecule has 0 saturated carbocycles. The van der Waals surface area contributed by atoms with Crippen molar-refractivity contribution in [3.63, 3.8) is 0 Å². The molecule has 2 saturated heterocycles. The van der Waals surface area contributed by atoms with Crippen LogP contribution in [0.5, 0.6) is 0 Å². The van der Waals surface area contributed by atoms with Gasteiger partial charge in [-0.25, -0.2) is 4.79 Å². The number of benzene rings is 1. The van der Waals surface area contributed by atoms with Gasteiger partial charge < -0.3 is 14.5 Å². The summed E-state index contributed by atoms with van der Waals surface area (Å²) in [4.78, 5) is 29.1. The van der Waals surface area contributed by atoms with Crippen molar-refractivity contribution >= 4 is 17.5 Å². The van der Waals surface area contributed by atoms with E-state index >= 15 is 0 Å². The van der Waals surface area contributed by atoms with Crippen LogP contribution in [0.4, 0.5) is 16.2 Å². The van der Waals surface area contributed by atoms with Crippen molar-refractivity contribution in [2.75, 3.05) is 44.2 Å². The molecule has 0 N–H and O–H groups in total. The third kappa shape index (κ3) is 6.32. The zero-order chi connectivity index (χ0) is 21.6. The first kappa shape index (κ1) is 22.9. The molecule has 8 heteroatoms. The van der Waals surface area contributed by atoms with E-state index in [2.05, 4.69) is 9.80 Å². The first-order valence-corrected chi connectivity index (χ1v) is 10.4. The Balaban J connectivity index is 0.00000145. The van der Waals surface area contributed by atoms with Gasteiger partial charge in [-0.15, -0.1) is 0 Å². The molecule has 2 aliphatic heterocycles. The summed E-state index contributed by atoms with van der Waals surface area (Å²) in [6.07, 6.45) is 0.742. The Bertz CT molecular complexity index is 679. The van der Waals surface area contributed by atoms with Crippen molar-refractivity contribution in [3.05, 3.63) is 34.4 Å². The highest BCUT2D eigenvalue weighted by atomic mass is 16.6. The monoisotopic (exact) mass is 406 g/mol. The van der Waals surface area contributed by atoms with Crippen LogP contribution in [0.2, 0.25) is 0 Å². The first-order valence-electron chi connectivity index (χ1n) is 10.4. The summed E-state index contributed by atoms with van der Waals surface area (Å²) in [5.74, 6) is 0. The molecule has 3 rings (SSSR count). The Kier molecular flexibility index (Phi) is 7.84. The highest BCUT2D eigenvalue weighted by molar-refractivity contribution is 5.68. The molecular formula is C21H34N4O4. The number of nitro benzene ring substituents is 1. The third-order valence-electron chi connectivity index (χ3n) is 5.07. The summed E-state index contributed by atoms with van der Waals surface area (Å²) in [5, 5.41) is 10.8. The molecule has 0 radical (unpaired) electrons. The standard InChI is InChI=1S/C19H28N4O4.C2H6/c1-19(2,3)27-18(24)22-9-8-17(14-22)21-12-10-20(11-13-21)15-4-6-16(7-5-15)23(25)26;1-2/h4-7,17H,8-14H2,1-3H3;1-2H3. The molecule has 1 aromatic rings. The third-order valence-corrected chi connectivity index (χ3v) is 5.07. The van der Waals surface area contributed by atoms with E-state index in [1.54, 1.807) is 17.0 Å². The van der Waals surface area contributed by atoms with E-state index < -0.39 is 5.60 Å². The number of piperazine rings is 1. The maximum atomic E-state index is 12.2. The fraction of sp³-hybridized carbons (Fsp3) is 0.667. The van der Waals surface area contributed by atoms with Crippen LogP contribution in [0, 0.1) is 10.1 Å². The molecule has 162 valence electrons. The number of amides is 1. The Morgan fingerprint density at radius 2 is 1.66 bits per heavy atom. The zero-order valence-corrected chi connectivity index (χ0v) is 18.3. The van der Waals surface area contributed by atoms with Crippen LogP contribution >= 0.6 is 0 Å². The lowest BCUT2D eigenvalue weighted by Gasteiger charge is -2.39.